The Balaban J connectivity index is 0.000000182. The Morgan fingerprint density at radius 3 is 1.16 bits per heavy atom. The lowest BCUT2D eigenvalue weighted by Crippen LogP contribution is -2.74. The Morgan fingerprint density at radius 2 is 0.773 bits per heavy atom. The zero-order valence-electron chi connectivity index (χ0n) is 26.0. The second-order valence-corrected chi connectivity index (χ2v) is 11.7. The fourth-order valence-electron chi connectivity index (χ4n) is 6.43. The molecule has 0 aliphatic rings. The number of rotatable bonds is 11. The van der Waals surface area contributed by atoms with Crippen LogP contribution in [0.3, 0.4) is 0 Å². The maximum Gasteiger partial charge on any atom is 0.169 e. The van der Waals surface area contributed by atoms with Crippen molar-refractivity contribution in [1.82, 2.24) is 0 Å². The summed E-state index contributed by atoms with van der Waals surface area (Å²) in [5.74, 6) is 0. The lowest BCUT2D eigenvalue weighted by atomic mass is 9.13. The van der Waals surface area contributed by atoms with E-state index in [4.69, 9.17) is 0 Å². The summed E-state index contributed by atoms with van der Waals surface area (Å²) in [7, 11) is 0. The summed E-state index contributed by atoms with van der Waals surface area (Å²) in [6.07, 6.45) is 9.53. The van der Waals surface area contributed by atoms with Crippen LogP contribution in [0, 0.1) is 0 Å². The number of unbranched alkanes of at least 4 members (excludes halogenated alkanes) is 3. The zero-order valence-corrected chi connectivity index (χ0v) is 26.0. The molecule has 1 aromatic heterocycles. The summed E-state index contributed by atoms with van der Waals surface area (Å²) < 4.78 is 2.30. The van der Waals surface area contributed by atoms with Gasteiger partial charge in [0.1, 0.15) is 12.7 Å². The Kier molecular flexibility index (Phi) is 11.4. The van der Waals surface area contributed by atoms with Gasteiger partial charge in [0.2, 0.25) is 0 Å². The number of aryl methyl sites for hydroxylation is 1. The molecule has 0 aliphatic heterocycles. The Bertz CT molecular complexity index is 1460. The molecule has 0 atom stereocenters. The van der Waals surface area contributed by atoms with E-state index in [1.165, 1.54) is 58.7 Å². The molecule has 220 valence electrons. The molecule has 0 saturated carbocycles. The molecule has 0 radical (unpaired) electrons. The molecule has 6 rings (SSSR count). The average Bonchev–Trinajstić information content (AvgIpc) is 3.11. The van der Waals surface area contributed by atoms with Crippen LogP contribution in [0.4, 0.5) is 0 Å². The summed E-state index contributed by atoms with van der Waals surface area (Å²) >= 11 is 0. The highest BCUT2D eigenvalue weighted by Gasteiger charge is 2.31. The lowest BCUT2D eigenvalue weighted by molar-refractivity contribution is -0.697. The monoisotopic (exact) mass is 573 g/mol. The standard InChI is InChI=1S/C24H20B.C18H24N/c1-5-13-21(14-6-1)25(22-15-7-2-8-16-22,23-17-9-3-10-18-23)24-19-11-4-12-20-24;1-2-3-4-8-13-19-14-11-18(12-15-19)16-17-9-6-5-7-10-17/h1-20H;5-7,9-12,14-15H,2-4,8,13,16H2,1H3/q-1;+1. The van der Waals surface area contributed by atoms with Gasteiger partial charge in [0.15, 0.2) is 12.4 Å². The van der Waals surface area contributed by atoms with Crippen molar-refractivity contribution in [3.63, 3.8) is 0 Å². The van der Waals surface area contributed by atoms with Gasteiger partial charge in [0, 0.05) is 18.6 Å². The van der Waals surface area contributed by atoms with Gasteiger partial charge in [-0.15, -0.1) is 0 Å². The molecule has 0 fully saturated rings. The van der Waals surface area contributed by atoms with Crippen LogP contribution in [0.2, 0.25) is 0 Å². The first-order valence-electron chi connectivity index (χ1n) is 16.2. The highest BCUT2D eigenvalue weighted by atomic mass is 14.9. The first kappa shape index (κ1) is 30.8. The van der Waals surface area contributed by atoms with Crippen LogP contribution in [0.1, 0.15) is 43.7 Å². The van der Waals surface area contributed by atoms with Crippen LogP contribution in [0.25, 0.3) is 0 Å². The van der Waals surface area contributed by atoms with E-state index in [1.54, 1.807) is 0 Å². The molecule has 6 aromatic rings. The van der Waals surface area contributed by atoms with Gasteiger partial charge >= 0.3 is 0 Å². The van der Waals surface area contributed by atoms with E-state index in [0.29, 0.717) is 0 Å². The SMILES string of the molecule is CCCCCC[n+]1ccc(Cc2ccccc2)cc1.c1ccc([B-](c2ccccc2)(c2ccccc2)c2ccccc2)cc1. The maximum atomic E-state index is 2.30. The van der Waals surface area contributed by atoms with E-state index in [1.807, 2.05) is 0 Å². The summed E-state index contributed by atoms with van der Waals surface area (Å²) in [5, 5.41) is 0. The molecule has 5 aromatic carbocycles. The molecule has 44 heavy (non-hydrogen) atoms. The van der Waals surface area contributed by atoms with E-state index in [-0.39, 0.29) is 0 Å². The van der Waals surface area contributed by atoms with Gasteiger partial charge in [-0.25, -0.2) is 4.57 Å². The topological polar surface area (TPSA) is 3.88 Å². The highest BCUT2D eigenvalue weighted by Crippen LogP contribution is 2.10. The quantitative estimate of drug-likeness (QED) is 0.0876. The van der Waals surface area contributed by atoms with Crippen molar-refractivity contribution < 1.29 is 4.57 Å². The minimum atomic E-state index is -1.22. The molecule has 1 heterocycles. The van der Waals surface area contributed by atoms with Crippen LogP contribution in [0.15, 0.2) is 176 Å². The van der Waals surface area contributed by atoms with Gasteiger partial charge in [-0.2, -0.15) is 21.9 Å². The molecule has 0 amide bonds. The van der Waals surface area contributed by atoms with Gasteiger partial charge < -0.3 is 0 Å². The van der Waals surface area contributed by atoms with Gasteiger partial charge in [-0.3, -0.25) is 0 Å². The molecular formula is C42H44BN. The lowest BCUT2D eigenvalue weighted by Gasteiger charge is -2.44. The number of pyridine rings is 1. The summed E-state index contributed by atoms with van der Waals surface area (Å²) in [5.41, 5.74) is 8.12. The van der Waals surface area contributed by atoms with Gasteiger partial charge in [-0.1, -0.05) is 171 Å². The first-order chi connectivity index (χ1) is 21.8. The van der Waals surface area contributed by atoms with Crippen molar-refractivity contribution in [2.45, 2.75) is 45.6 Å². The molecule has 1 nitrogen and oxygen atoms in total. The molecule has 0 bridgehead atoms. The van der Waals surface area contributed by atoms with Gasteiger partial charge in [0.05, 0.1) is 0 Å². The van der Waals surface area contributed by atoms with Crippen molar-refractivity contribution in [3.05, 3.63) is 187 Å². The number of aromatic nitrogens is 1. The second-order valence-electron chi connectivity index (χ2n) is 11.7. The van der Waals surface area contributed by atoms with Gasteiger partial charge in [-0.05, 0) is 24.0 Å². The largest absolute Gasteiger partial charge is 0.205 e. The van der Waals surface area contributed by atoms with Crippen molar-refractivity contribution in [2.75, 3.05) is 0 Å². The van der Waals surface area contributed by atoms with E-state index < -0.39 is 6.15 Å². The van der Waals surface area contributed by atoms with E-state index in [9.17, 15) is 0 Å². The fourth-order valence-corrected chi connectivity index (χ4v) is 6.43. The van der Waals surface area contributed by atoms with E-state index in [2.05, 4.69) is 188 Å². The third-order valence-corrected chi connectivity index (χ3v) is 8.68. The normalized spacial score (nSPS) is 10.9. The van der Waals surface area contributed by atoms with Crippen LogP contribution in [-0.4, -0.2) is 6.15 Å². The number of hydrogen-bond acceptors (Lipinski definition) is 0. The van der Waals surface area contributed by atoms with Crippen LogP contribution in [-0.2, 0) is 13.0 Å². The van der Waals surface area contributed by atoms with Crippen molar-refractivity contribution in [1.29, 1.82) is 0 Å². The minimum Gasteiger partial charge on any atom is -0.205 e. The smallest absolute Gasteiger partial charge is 0.169 e. The number of benzene rings is 5. The molecule has 0 saturated heterocycles. The third-order valence-electron chi connectivity index (χ3n) is 8.68. The molecule has 0 aliphatic carbocycles. The van der Waals surface area contributed by atoms with E-state index >= 15 is 0 Å². The maximum absolute atomic E-state index is 2.30. The Hall–Kier alpha value is -4.69. The predicted octanol–water partition coefficient (Wildman–Crippen LogP) is 7.21. The summed E-state index contributed by atoms with van der Waals surface area (Å²) in [4.78, 5) is 0. The van der Waals surface area contributed by atoms with Crippen LogP contribution in [0.5, 0.6) is 0 Å². The van der Waals surface area contributed by atoms with Crippen LogP contribution < -0.4 is 26.4 Å². The van der Waals surface area contributed by atoms with Crippen LogP contribution >= 0.6 is 0 Å². The van der Waals surface area contributed by atoms with Crippen molar-refractivity contribution in [3.8, 4) is 0 Å². The molecular weight excluding hydrogens is 529 g/mol. The highest BCUT2D eigenvalue weighted by molar-refractivity contribution is 7.19. The van der Waals surface area contributed by atoms with E-state index in [0.717, 1.165) is 13.0 Å². The average molecular weight is 574 g/mol. The molecule has 2 heteroatoms. The Labute approximate surface area is 264 Å². The van der Waals surface area contributed by atoms with Crippen molar-refractivity contribution >= 4 is 28.0 Å². The minimum absolute atomic E-state index is 1.03. The second kappa shape index (κ2) is 16.2. The zero-order chi connectivity index (χ0) is 30.3. The third kappa shape index (κ3) is 7.82. The fraction of sp³-hybridized carbons (Fsp3) is 0.167. The van der Waals surface area contributed by atoms with Gasteiger partial charge in [0.25, 0.3) is 0 Å². The molecule has 0 spiro atoms. The molecule has 0 unspecified atom stereocenters. The Morgan fingerprint density at radius 1 is 0.409 bits per heavy atom. The number of nitrogens with zero attached hydrogens (tertiary/aromatic N) is 1. The molecule has 0 N–H and O–H groups in total. The number of hydrogen-bond donors (Lipinski definition) is 0. The van der Waals surface area contributed by atoms with Crippen molar-refractivity contribution in [2.24, 2.45) is 0 Å². The first-order valence-corrected chi connectivity index (χ1v) is 16.2. The summed E-state index contributed by atoms with van der Waals surface area (Å²) in [6, 6.07) is 58.7. The summed E-state index contributed by atoms with van der Waals surface area (Å²) in [6.45, 7) is 3.40. The predicted molar refractivity (Wildman–Crippen MR) is 190 cm³/mol.